The summed E-state index contributed by atoms with van der Waals surface area (Å²) in [6, 6.07) is 3.20. The molecule has 0 unspecified atom stereocenters. The van der Waals surface area contributed by atoms with Gasteiger partial charge in [-0.3, -0.25) is 4.79 Å². The predicted octanol–water partition coefficient (Wildman–Crippen LogP) is 3.47. The van der Waals surface area contributed by atoms with Crippen LogP contribution in [0.2, 0.25) is 0 Å². The molecule has 1 aromatic rings. The number of carbonyl (C=O) groups excluding carboxylic acids is 1. The Morgan fingerprint density at radius 2 is 1.91 bits per heavy atom. The van der Waals surface area contributed by atoms with Crippen LogP contribution in [0.3, 0.4) is 0 Å². The molecule has 0 aliphatic rings. The molecule has 0 bridgehead atoms. The molecule has 1 amide bonds. The summed E-state index contributed by atoms with van der Waals surface area (Å²) in [5.41, 5.74) is -0.334. The van der Waals surface area contributed by atoms with Crippen LogP contribution in [0.5, 0.6) is 0 Å². The number of alkyl halides is 3. The SMILES string of the molecule is C=CCN(CC=C)c1ccc(C(F)(F)F)cc1NC(=O)COC. The number of nitrogens with zero attached hydrogens (tertiary/aromatic N) is 1. The van der Waals surface area contributed by atoms with Gasteiger partial charge in [-0.15, -0.1) is 13.2 Å². The number of benzene rings is 1. The number of carbonyl (C=O) groups is 1. The first-order chi connectivity index (χ1) is 10.8. The van der Waals surface area contributed by atoms with Crippen molar-refractivity contribution in [2.75, 3.05) is 37.0 Å². The summed E-state index contributed by atoms with van der Waals surface area (Å²) in [5, 5.41) is 2.45. The zero-order chi connectivity index (χ0) is 17.5. The number of ether oxygens (including phenoxy) is 1. The molecule has 23 heavy (non-hydrogen) atoms. The zero-order valence-corrected chi connectivity index (χ0v) is 12.8. The zero-order valence-electron chi connectivity index (χ0n) is 12.8. The van der Waals surface area contributed by atoms with Crippen molar-refractivity contribution in [1.29, 1.82) is 0 Å². The van der Waals surface area contributed by atoms with E-state index < -0.39 is 17.6 Å². The van der Waals surface area contributed by atoms with E-state index in [0.29, 0.717) is 18.8 Å². The minimum Gasteiger partial charge on any atom is -0.375 e. The number of hydrogen-bond acceptors (Lipinski definition) is 3. The number of halogens is 3. The second kappa shape index (κ2) is 8.38. The molecule has 0 spiro atoms. The number of rotatable bonds is 8. The van der Waals surface area contributed by atoms with Crippen molar-refractivity contribution in [2.24, 2.45) is 0 Å². The fraction of sp³-hybridized carbons (Fsp3) is 0.312. The number of anilines is 2. The van der Waals surface area contributed by atoms with Crippen LogP contribution in [0.15, 0.2) is 43.5 Å². The van der Waals surface area contributed by atoms with Gasteiger partial charge >= 0.3 is 6.18 Å². The van der Waals surface area contributed by atoms with Crippen molar-refractivity contribution in [3.05, 3.63) is 49.1 Å². The normalized spacial score (nSPS) is 11.0. The van der Waals surface area contributed by atoms with Crippen molar-refractivity contribution in [1.82, 2.24) is 0 Å². The minimum absolute atomic E-state index is 0.0607. The van der Waals surface area contributed by atoms with Gasteiger partial charge < -0.3 is 15.0 Å². The Labute approximate surface area is 133 Å². The third kappa shape index (κ3) is 5.45. The highest BCUT2D eigenvalue weighted by Crippen LogP contribution is 2.35. The van der Waals surface area contributed by atoms with E-state index in [1.54, 1.807) is 17.1 Å². The van der Waals surface area contributed by atoms with Gasteiger partial charge in [-0.1, -0.05) is 12.2 Å². The molecule has 0 fully saturated rings. The molecule has 0 saturated carbocycles. The molecule has 0 aliphatic carbocycles. The fourth-order valence-corrected chi connectivity index (χ4v) is 1.99. The van der Waals surface area contributed by atoms with E-state index >= 15 is 0 Å². The summed E-state index contributed by atoms with van der Waals surface area (Å²) in [7, 11) is 1.33. The third-order valence-corrected chi connectivity index (χ3v) is 2.91. The summed E-state index contributed by atoms with van der Waals surface area (Å²) >= 11 is 0. The summed E-state index contributed by atoms with van der Waals surface area (Å²) in [4.78, 5) is 13.4. The lowest BCUT2D eigenvalue weighted by Gasteiger charge is -2.25. The molecule has 0 atom stereocenters. The summed E-state index contributed by atoms with van der Waals surface area (Å²) < 4.78 is 43.4. The molecule has 126 valence electrons. The maximum Gasteiger partial charge on any atom is 0.416 e. The van der Waals surface area contributed by atoms with Crippen LogP contribution in [-0.4, -0.2) is 32.7 Å². The molecule has 1 N–H and O–H groups in total. The third-order valence-electron chi connectivity index (χ3n) is 2.91. The van der Waals surface area contributed by atoms with Crippen LogP contribution >= 0.6 is 0 Å². The van der Waals surface area contributed by atoms with Gasteiger partial charge in [-0.05, 0) is 18.2 Å². The minimum atomic E-state index is -4.50. The van der Waals surface area contributed by atoms with E-state index in [1.165, 1.54) is 13.2 Å². The quantitative estimate of drug-likeness (QED) is 0.743. The number of methoxy groups -OCH3 is 1. The van der Waals surface area contributed by atoms with Gasteiger partial charge in [-0.25, -0.2) is 0 Å². The second-order valence-corrected chi connectivity index (χ2v) is 4.69. The van der Waals surface area contributed by atoms with Gasteiger partial charge in [0.15, 0.2) is 0 Å². The Hall–Kier alpha value is -2.28. The lowest BCUT2D eigenvalue weighted by molar-refractivity contribution is -0.137. The monoisotopic (exact) mass is 328 g/mol. The largest absolute Gasteiger partial charge is 0.416 e. The molecule has 1 aromatic carbocycles. The van der Waals surface area contributed by atoms with Crippen molar-refractivity contribution >= 4 is 17.3 Å². The smallest absolute Gasteiger partial charge is 0.375 e. The van der Waals surface area contributed by atoms with Gasteiger partial charge in [0.1, 0.15) is 6.61 Å². The highest BCUT2D eigenvalue weighted by Gasteiger charge is 2.31. The van der Waals surface area contributed by atoms with Crippen LogP contribution in [-0.2, 0) is 15.7 Å². The Morgan fingerprint density at radius 3 is 2.39 bits per heavy atom. The first kappa shape index (κ1) is 18.8. The Morgan fingerprint density at radius 1 is 1.30 bits per heavy atom. The molecular formula is C16H19F3N2O2. The van der Waals surface area contributed by atoms with Crippen molar-refractivity contribution in [3.8, 4) is 0 Å². The van der Waals surface area contributed by atoms with E-state index in [4.69, 9.17) is 0 Å². The van der Waals surface area contributed by atoms with Crippen molar-refractivity contribution < 1.29 is 22.7 Å². The van der Waals surface area contributed by atoms with Crippen LogP contribution in [0.25, 0.3) is 0 Å². The van der Waals surface area contributed by atoms with Crippen LogP contribution < -0.4 is 10.2 Å². The van der Waals surface area contributed by atoms with Crippen LogP contribution in [0.4, 0.5) is 24.5 Å². The van der Waals surface area contributed by atoms with Crippen molar-refractivity contribution in [3.63, 3.8) is 0 Å². The molecule has 0 aromatic heterocycles. The van der Waals surface area contributed by atoms with Gasteiger partial charge in [0, 0.05) is 20.2 Å². The fourth-order valence-electron chi connectivity index (χ4n) is 1.99. The van der Waals surface area contributed by atoms with Crippen LogP contribution in [0, 0.1) is 0 Å². The van der Waals surface area contributed by atoms with Gasteiger partial charge in [0.05, 0.1) is 16.9 Å². The maximum atomic E-state index is 12.9. The summed E-state index contributed by atoms with van der Waals surface area (Å²) in [6.45, 7) is 7.78. The number of nitrogens with one attached hydrogen (secondary N) is 1. The predicted molar refractivity (Wildman–Crippen MR) is 84.6 cm³/mol. The first-order valence-electron chi connectivity index (χ1n) is 6.80. The van der Waals surface area contributed by atoms with Crippen LogP contribution in [0.1, 0.15) is 5.56 Å². The molecule has 7 heteroatoms. The highest BCUT2D eigenvalue weighted by molar-refractivity contribution is 5.95. The van der Waals surface area contributed by atoms with E-state index in [2.05, 4.69) is 23.2 Å². The molecule has 4 nitrogen and oxygen atoms in total. The standard InChI is InChI=1S/C16H19F3N2O2/c1-4-8-21(9-5-2)14-7-6-12(16(17,18)19)10-13(14)20-15(22)11-23-3/h4-7,10H,1-2,8-9,11H2,3H3,(H,20,22). The van der Waals surface area contributed by atoms with E-state index in [9.17, 15) is 18.0 Å². The average molecular weight is 328 g/mol. The molecule has 0 aliphatic heterocycles. The Kier molecular flexibility index (Phi) is 6.84. The molecule has 0 radical (unpaired) electrons. The number of amides is 1. The lowest BCUT2D eigenvalue weighted by atomic mass is 10.1. The molecule has 0 heterocycles. The molecular weight excluding hydrogens is 309 g/mol. The number of hydrogen-bond donors (Lipinski definition) is 1. The average Bonchev–Trinajstić information content (AvgIpc) is 2.46. The molecule has 0 saturated heterocycles. The van der Waals surface area contributed by atoms with Crippen molar-refractivity contribution in [2.45, 2.75) is 6.18 Å². The first-order valence-corrected chi connectivity index (χ1v) is 6.80. The van der Waals surface area contributed by atoms with E-state index in [0.717, 1.165) is 12.1 Å². The summed E-state index contributed by atoms with van der Waals surface area (Å²) in [6.07, 6.45) is -1.27. The Balaban J connectivity index is 3.28. The van der Waals surface area contributed by atoms with Gasteiger partial charge in [-0.2, -0.15) is 13.2 Å². The van der Waals surface area contributed by atoms with E-state index in [-0.39, 0.29) is 12.3 Å². The second-order valence-electron chi connectivity index (χ2n) is 4.69. The Bertz CT molecular complexity index is 561. The van der Waals surface area contributed by atoms with Gasteiger partial charge in [0.2, 0.25) is 5.91 Å². The topological polar surface area (TPSA) is 41.6 Å². The highest BCUT2D eigenvalue weighted by atomic mass is 19.4. The maximum absolute atomic E-state index is 12.9. The lowest BCUT2D eigenvalue weighted by Crippen LogP contribution is -2.26. The van der Waals surface area contributed by atoms with Gasteiger partial charge in [0.25, 0.3) is 0 Å². The summed E-state index contributed by atoms with van der Waals surface area (Å²) in [5.74, 6) is -0.537. The molecule has 1 rings (SSSR count). The van der Waals surface area contributed by atoms with E-state index in [1.807, 2.05) is 0 Å².